The molecule has 0 radical (unpaired) electrons. The monoisotopic (exact) mass is 297 g/mol. The Bertz CT molecular complexity index is 589. The number of hydrogen-bond acceptors (Lipinski definition) is 4. The third-order valence-corrected chi connectivity index (χ3v) is 4.86. The molecule has 0 aliphatic carbocycles. The van der Waals surface area contributed by atoms with E-state index < -0.39 is 16.0 Å². The molecule has 0 amide bonds. The van der Waals surface area contributed by atoms with Crippen molar-refractivity contribution in [3.8, 4) is 0 Å². The fourth-order valence-electron chi connectivity index (χ4n) is 1.72. The van der Waals surface area contributed by atoms with Gasteiger partial charge in [-0.25, -0.2) is 13.2 Å². The van der Waals surface area contributed by atoms with E-state index in [0.717, 1.165) is 0 Å². The van der Waals surface area contributed by atoms with E-state index in [4.69, 9.17) is 0 Å². The zero-order valence-corrected chi connectivity index (χ0v) is 12.7. The second-order valence-corrected chi connectivity index (χ2v) is 5.96. The maximum absolute atomic E-state index is 12.4. The highest BCUT2D eigenvalue weighted by Gasteiger charge is 2.21. The summed E-state index contributed by atoms with van der Waals surface area (Å²) < 4.78 is 30.6. The summed E-state index contributed by atoms with van der Waals surface area (Å²) in [6, 6.07) is 6.45. The van der Waals surface area contributed by atoms with Crippen molar-refractivity contribution in [1.82, 2.24) is 4.31 Å². The van der Waals surface area contributed by atoms with Crippen molar-refractivity contribution in [3.63, 3.8) is 0 Å². The molecular weight excluding hydrogens is 278 g/mol. The number of ether oxygens (including phenoxy) is 1. The molecule has 110 valence electrons. The van der Waals surface area contributed by atoms with Crippen molar-refractivity contribution in [1.29, 1.82) is 0 Å². The minimum atomic E-state index is -3.48. The predicted molar refractivity (Wildman–Crippen MR) is 77.6 cm³/mol. The summed E-state index contributed by atoms with van der Waals surface area (Å²) in [5.41, 5.74) is 0.628. The molecule has 0 bridgehead atoms. The lowest BCUT2D eigenvalue weighted by molar-refractivity contribution is -0.134. The number of rotatable bonds is 6. The maximum atomic E-state index is 12.4. The molecule has 6 heteroatoms. The van der Waals surface area contributed by atoms with E-state index in [2.05, 4.69) is 4.74 Å². The first kappa shape index (κ1) is 16.4. The molecule has 0 fully saturated rings. The van der Waals surface area contributed by atoms with Crippen LogP contribution in [-0.2, 0) is 19.6 Å². The number of carbonyl (C=O) groups excluding carboxylic acids is 1. The number of sulfonamides is 1. The highest BCUT2D eigenvalue weighted by molar-refractivity contribution is 7.89. The molecule has 1 rings (SSSR count). The number of benzene rings is 1. The zero-order valence-electron chi connectivity index (χ0n) is 11.9. The van der Waals surface area contributed by atoms with Crippen molar-refractivity contribution < 1.29 is 17.9 Å². The number of esters is 1. The highest BCUT2D eigenvalue weighted by Crippen LogP contribution is 2.17. The Kier molecular flexibility index (Phi) is 5.91. The smallest absolute Gasteiger partial charge is 0.330 e. The van der Waals surface area contributed by atoms with Gasteiger partial charge in [0.1, 0.15) is 0 Å². The number of hydrogen-bond donors (Lipinski definition) is 0. The van der Waals surface area contributed by atoms with Gasteiger partial charge in [0.2, 0.25) is 10.0 Å². The van der Waals surface area contributed by atoms with Crippen LogP contribution in [0.25, 0.3) is 6.08 Å². The molecule has 0 N–H and O–H groups in total. The maximum Gasteiger partial charge on any atom is 0.330 e. The molecule has 1 aromatic rings. The topological polar surface area (TPSA) is 63.7 Å². The van der Waals surface area contributed by atoms with Crippen molar-refractivity contribution >= 4 is 22.1 Å². The van der Waals surface area contributed by atoms with E-state index in [9.17, 15) is 13.2 Å². The summed E-state index contributed by atoms with van der Waals surface area (Å²) in [7, 11) is -2.20. The zero-order chi connectivity index (χ0) is 15.2. The molecule has 5 nitrogen and oxygen atoms in total. The summed E-state index contributed by atoms with van der Waals surface area (Å²) in [5.74, 6) is -0.484. The molecule has 0 heterocycles. The van der Waals surface area contributed by atoms with Crippen LogP contribution in [0.3, 0.4) is 0 Å². The minimum absolute atomic E-state index is 0.216. The van der Waals surface area contributed by atoms with E-state index in [1.807, 2.05) is 0 Å². The van der Waals surface area contributed by atoms with Gasteiger partial charge in [-0.2, -0.15) is 4.31 Å². The largest absolute Gasteiger partial charge is 0.466 e. The Labute approximate surface area is 119 Å². The van der Waals surface area contributed by atoms with Crippen LogP contribution in [0.15, 0.2) is 35.2 Å². The normalized spacial score (nSPS) is 12.0. The Balaban J connectivity index is 3.10. The molecule has 0 saturated heterocycles. The van der Waals surface area contributed by atoms with E-state index in [1.54, 1.807) is 32.0 Å². The SMILES string of the molecule is CCN(CC)S(=O)(=O)c1cccc(/C=C/C(=O)OC)c1. The van der Waals surface area contributed by atoms with E-state index in [-0.39, 0.29) is 4.90 Å². The number of nitrogens with zero attached hydrogens (tertiary/aromatic N) is 1. The number of methoxy groups -OCH3 is 1. The Morgan fingerprint density at radius 2 is 1.95 bits per heavy atom. The third-order valence-electron chi connectivity index (χ3n) is 2.81. The summed E-state index contributed by atoms with van der Waals surface area (Å²) in [5, 5.41) is 0. The first-order chi connectivity index (χ1) is 9.45. The van der Waals surface area contributed by atoms with Gasteiger partial charge in [0.25, 0.3) is 0 Å². The van der Waals surface area contributed by atoms with Gasteiger partial charge in [-0.3, -0.25) is 0 Å². The van der Waals surface area contributed by atoms with Crippen LogP contribution in [0.1, 0.15) is 19.4 Å². The van der Waals surface area contributed by atoms with E-state index >= 15 is 0 Å². The van der Waals surface area contributed by atoms with Crippen molar-refractivity contribution in [2.75, 3.05) is 20.2 Å². The summed E-state index contributed by atoms with van der Waals surface area (Å²) in [6.45, 7) is 4.42. The van der Waals surface area contributed by atoms with Gasteiger partial charge in [0, 0.05) is 19.2 Å². The Morgan fingerprint density at radius 1 is 1.30 bits per heavy atom. The van der Waals surface area contributed by atoms with E-state index in [0.29, 0.717) is 18.7 Å². The molecule has 0 spiro atoms. The Hall–Kier alpha value is -1.66. The van der Waals surface area contributed by atoms with Gasteiger partial charge in [-0.1, -0.05) is 26.0 Å². The van der Waals surface area contributed by atoms with Gasteiger partial charge in [0.15, 0.2) is 0 Å². The molecule has 20 heavy (non-hydrogen) atoms. The van der Waals surface area contributed by atoms with Crippen LogP contribution in [0.2, 0.25) is 0 Å². The van der Waals surface area contributed by atoms with Gasteiger partial charge in [-0.05, 0) is 23.8 Å². The average Bonchev–Trinajstić information content (AvgIpc) is 2.46. The number of carbonyl (C=O) groups is 1. The van der Waals surface area contributed by atoms with Crippen LogP contribution in [0, 0.1) is 0 Å². The van der Waals surface area contributed by atoms with Crippen LogP contribution in [-0.4, -0.2) is 38.9 Å². The van der Waals surface area contributed by atoms with Gasteiger partial charge < -0.3 is 4.74 Å². The highest BCUT2D eigenvalue weighted by atomic mass is 32.2. The fourth-order valence-corrected chi connectivity index (χ4v) is 3.24. The van der Waals surface area contributed by atoms with Crippen molar-refractivity contribution in [2.45, 2.75) is 18.7 Å². The lowest BCUT2D eigenvalue weighted by Gasteiger charge is -2.18. The first-order valence-electron chi connectivity index (χ1n) is 6.32. The standard InChI is InChI=1S/C14H19NO4S/c1-4-15(5-2)20(17,18)13-8-6-7-12(11-13)9-10-14(16)19-3/h6-11H,4-5H2,1-3H3/b10-9+. The van der Waals surface area contributed by atoms with Crippen molar-refractivity contribution in [2.24, 2.45) is 0 Å². The van der Waals surface area contributed by atoms with Crippen LogP contribution >= 0.6 is 0 Å². The molecule has 0 aliphatic rings. The van der Waals surface area contributed by atoms with Gasteiger partial charge in [0.05, 0.1) is 12.0 Å². The summed E-state index contributed by atoms with van der Waals surface area (Å²) >= 11 is 0. The van der Waals surface area contributed by atoms with Crippen LogP contribution in [0.4, 0.5) is 0 Å². The van der Waals surface area contributed by atoms with Crippen molar-refractivity contribution in [3.05, 3.63) is 35.9 Å². The molecular formula is C14H19NO4S. The quantitative estimate of drug-likeness (QED) is 0.594. The van der Waals surface area contributed by atoms with E-state index in [1.165, 1.54) is 29.6 Å². The molecule has 0 saturated carbocycles. The van der Waals surface area contributed by atoms with Crippen LogP contribution < -0.4 is 0 Å². The molecule has 1 aromatic carbocycles. The Morgan fingerprint density at radius 3 is 2.50 bits per heavy atom. The lowest BCUT2D eigenvalue weighted by Crippen LogP contribution is -2.30. The second-order valence-electron chi connectivity index (χ2n) is 4.02. The van der Waals surface area contributed by atoms with Crippen LogP contribution in [0.5, 0.6) is 0 Å². The van der Waals surface area contributed by atoms with Gasteiger partial charge >= 0.3 is 5.97 Å². The predicted octanol–water partition coefficient (Wildman–Crippen LogP) is 1.90. The third kappa shape index (κ3) is 3.91. The minimum Gasteiger partial charge on any atom is -0.466 e. The molecule has 0 unspecified atom stereocenters. The molecule has 0 atom stereocenters. The average molecular weight is 297 g/mol. The fraction of sp³-hybridized carbons (Fsp3) is 0.357. The molecule has 0 aliphatic heterocycles. The summed E-state index contributed by atoms with van der Waals surface area (Å²) in [4.78, 5) is 11.2. The first-order valence-corrected chi connectivity index (χ1v) is 7.76. The lowest BCUT2D eigenvalue weighted by atomic mass is 10.2. The summed E-state index contributed by atoms with van der Waals surface area (Å²) in [6.07, 6.45) is 2.77. The second kappa shape index (κ2) is 7.21. The molecule has 0 aromatic heterocycles. The van der Waals surface area contributed by atoms with Gasteiger partial charge in [-0.15, -0.1) is 0 Å².